The quantitative estimate of drug-likeness (QED) is 0.926. The van der Waals surface area contributed by atoms with E-state index in [9.17, 15) is 9.18 Å². The van der Waals surface area contributed by atoms with E-state index in [4.69, 9.17) is 4.74 Å². The molecule has 2 rings (SSSR count). The molecule has 0 spiro atoms. The molecule has 2 heterocycles. The third-order valence-electron chi connectivity index (χ3n) is 3.18. The van der Waals surface area contributed by atoms with Crippen LogP contribution in [0.1, 0.15) is 16.9 Å². The summed E-state index contributed by atoms with van der Waals surface area (Å²) in [6, 6.07) is 1.89. The molecular weight excluding hydrogens is 267 g/mol. The molecule has 1 aliphatic heterocycles. The van der Waals surface area contributed by atoms with Crippen molar-refractivity contribution in [2.24, 2.45) is 0 Å². The van der Waals surface area contributed by atoms with Crippen molar-refractivity contribution in [1.82, 2.24) is 10.2 Å². The number of ether oxygens (including phenoxy) is 1. The van der Waals surface area contributed by atoms with Gasteiger partial charge in [0, 0.05) is 18.0 Å². The monoisotopic (exact) mass is 286 g/mol. The number of halogens is 1. The SMILES string of the molecule is Cc1ccsc1CNC(=O)N1CCCOC(CF)C1. The Morgan fingerprint density at radius 1 is 1.68 bits per heavy atom. The summed E-state index contributed by atoms with van der Waals surface area (Å²) in [4.78, 5) is 14.9. The van der Waals surface area contributed by atoms with Gasteiger partial charge in [0.1, 0.15) is 12.8 Å². The zero-order valence-electron chi connectivity index (χ0n) is 11.0. The first-order valence-electron chi connectivity index (χ1n) is 6.44. The minimum atomic E-state index is -0.548. The standard InChI is InChI=1S/C13H19FN2O2S/c1-10-3-6-19-12(10)8-15-13(17)16-4-2-5-18-11(7-14)9-16/h3,6,11H,2,4-5,7-9H2,1H3,(H,15,17). The summed E-state index contributed by atoms with van der Waals surface area (Å²) in [7, 11) is 0. The van der Waals surface area contributed by atoms with Crippen LogP contribution < -0.4 is 5.32 Å². The fourth-order valence-electron chi connectivity index (χ4n) is 2.03. The summed E-state index contributed by atoms with van der Waals surface area (Å²) in [5.74, 6) is 0. The Morgan fingerprint density at radius 2 is 2.53 bits per heavy atom. The van der Waals surface area contributed by atoms with E-state index in [1.165, 1.54) is 5.56 Å². The van der Waals surface area contributed by atoms with Crippen LogP contribution in [-0.2, 0) is 11.3 Å². The van der Waals surface area contributed by atoms with Crippen molar-refractivity contribution in [2.75, 3.05) is 26.4 Å². The Kier molecular flexibility index (Phi) is 5.15. The molecule has 19 heavy (non-hydrogen) atoms. The van der Waals surface area contributed by atoms with Crippen LogP contribution in [0.2, 0.25) is 0 Å². The van der Waals surface area contributed by atoms with Crippen molar-refractivity contribution in [2.45, 2.75) is 26.0 Å². The molecule has 0 radical (unpaired) electrons. The summed E-state index contributed by atoms with van der Waals surface area (Å²) in [6.45, 7) is 3.46. The van der Waals surface area contributed by atoms with Crippen molar-refractivity contribution in [3.8, 4) is 0 Å². The maximum absolute atomic E-state index is 12.7. The number of amides is 2. The molecular formula is C13H19FN2O2S. The highest BCUT2D eigenvalue weighted by molar-refractivity contribution is 7.10. The Bertz CT molecular complexity index is 425. The Morgan fingerprint density at radius 3 is 3.21 bits per heavy atom. The van der Waals surface area contributed by atoms with Crippen molar-refractivity contribution in [1.29, 1.82) is 0 Å². The van der Waals surface area contributed by atoms with Gasteiger partial charge in [-0.2, -0.15) is 0 Å². The summed E-state index contributed by atoms with van der Waals surface area (Å²) >= 11 is 1.63. The van der Waals surface area contributed by atoms with Gasteiger partial charge in [-0.25, -0.2) is 9.18 Å². The third kappa shape index (κ3) is 3.91. The number of urea groups is 1. The maximum Gasteiger partial charge on any atom is 0.317 e. The highest BCUT2D eigenvalue weighted by Gasteiger charge is 2.22. The van der Waals surface area contributed by atoms with Gasteiger partial charge in [0.05, 0.1) is 13.1 Å². The number of aryl methyl sites for hydroxylation is 1. The molecule has 1 saturated heterocycles. The third-order valence-corrected chi connectivity index (χ3v) is 4.20. The van der Waals surface area contributed by atoms with Crippen LogP contribution in [0.5, 0.6) is 0 Å². The van der Waals surface area contributed by atoms with Crippen molar-refractivity contribution < 1.29 is 13.9 Å². The van der Waals surface area contributed by atoms with E-state index in [1.807, 2.05) is 18.4 Å². The first-order valence-corrected chi connectivity index (χ1v) is 7.32. The summed E-state index contributed by atoms with van der Waals surface area (Å²) in [6.07, 6.45) is 0.263. The van der Waals surface area contributed by atoms with E-state index < -0.39 is 12.8 Å². The predicted octanol–water partition coefficient (Wildman–Crippen LogP) is 2.33. The van der Waals surface area contributed by atoms with Gasteiger partial charge in [-0.3, -0.25) is 0 Å². The Balaban J connectivity index is 1.86. The molecule has 106 valence electrons. The minimum absolute atomic E-state index is 0.142. The second kappa shape index (κ2) is 6.86. The van der Waals surface area contributed by atoms with E-state index in [2.05, 4.69) is 5.32 Å². The van der Waals surface area contributed by atoms with Gasteiger partial charge < -0.3 is 15.0 Å². The molecule has 1 atom stereocenters. The second-order valence-electron chi connectivity index (χ2n) is 4.63. The molecule has 1 aliphatic rings. The van der Waals surface area contributed by atoms with Gasteiger partial charge in [0.25, 0.3) is 0 Å². The summed E-state index contributed by atoms with van der Waals surface area (Å²) in [5, 5.41) is 4.90. The summed E-state index contributed by atoms with van der Waals surface area (Å²) in [5.41, 5.74) is 1.19. The molecule has 2 amide bonds. The lowest BCUT2D eigenvalue weighted by molar-refractivity contribution is 0.0403. The molecule has 0 bridgehead atoms. The highest BCUT2D eigenvalue weighted by Crippen LogP contribution is 2.15. The van der Waals surface area contributed by atoms with Crippen molar-refractivity contribution in [3.05, 3.63) is 21.9 Å². The average molecular weight is 286 g/mol. The molecule has 0 saturated carbocycles. The maximum atomic E-state index is 12.7. The molecule has 0 aromatic carbocycles. The van der Waals surface area contributed by atoms with Gasteiger partial charge in [-0.05, 0) is 30.4 Å². The number of alkyl halides is 1. The number of carbonyl (C=O) groups excluding carboxylic acids is 1. The van der Waals surface area contributed by atoms with Crippen LogP contribution >= 0.6 is 11.3 Å². The van der Waals surface area contributed by atoms with E-state index in [0.717, 1.165) is 11.3 Å². The van der Waals surface area contributed by atoms with Crippen LogP contribution in [0, 0.1) is 6.92 Å². The van der Waals surface area contributed by atoms with Crippen LogP contribution in [0.25, 0.3) is 0 Å². The highest BCUT2D eigenvalue weighted by atomic mass is 32.1. The molecule has 1 fully saturated rings. The normalized spacial score (nSPS) is 20.1. The molecule has 6 heteroatoms. The lowest BCUT2D eigenvalue weighted by atomic mass is 10.3. The minimum Gasteiger partial charge on any atom is -0.374 e. The largest absolute Gasteiger partial charge is 0.374 e. The van der Waals surface area contributed by atoms with Gasteiger partial charge in [0.2, 0.25) is 0 Å². The number of nitrogens with zero attached hydrogens (tertiary/aromatic N) is 1. The van der Waals surface area contributed by atoms with Gasteiger partial charge >= 0.3 is 6.03 Å². The number of nitrogens with one attached hydrogen (secondary N) is 1. The van der Waals surface area contributed by atoms with Crippen LogP contribution in [0.4, 0.5) is 9.18 Å². The van der Waals surface area contributed by atoms with Crippen LogP contribution in [0.3, 0.4) is 0 Å². The van der Waals surface area contributed by atoms with Crippen LogP contribution in [0.15, 0.2) is 11.4 Å². The smallest absolute Gasteiger partial charge is 0.317 e. The van der Waals surface area contributed by atoms with Gasteiger partial charge in [0.15, 0.2) is 0 Å². The van der Waals surface area contributed by atoms with E-state index >= 15 is 0 Å². The van der Waals surface area contributed by atoms with E-state index in [1.54, 1.807) is 16.2 Å². The van der Waals surface area contributed by atoms with Crippen molar-refractivity contribution >= 4 is 17.4 Å². The number of carbonyl (C=O) groups is 1. The molecule has 1 N–H and O–H groups in total. The molecule has 1 aromatic heterocycles. The predicted molar refractivity (Wildman–Crippen MR) is 73.2 cm³/mol. The lowest BCUT2D eigenvalue weighted by Crippen LogP contribution is -2.43. The number of hydrogen-bond acceptors (Lipinski definition) is 3. The number of hydrogen-bond donors (Lipinski definition) is 1. The topological polar surface area (TPSA) is 41.6 Å². The Hall–Kier alpha value is -1.14. The first kappa shape index (κ1) is 14.3. The van der Waals surface area contributed by atoms with Crippen molar-refractivity contribution in [3.63, 3.8) is 0 Å². The Labute approximate surface area is 116 Å². The zero-order chi connectivity index (χ0) is 13.7. The fourth-order valence-corrected chi connectivity index (χ4v) is 2.87. The zero-order valence-corrected chi connectivity index (χ0v) is 11.8. The number of thiophene rings is 1. The molecule has 0 aliphatic carbocycles. The summed E-state index contributed by atoms with van der Waals surface area (Å²) < 4.78 is 18.0. The van der Waals surface area contributed by atoms with E-state index in [-0.39, 0.29) is 6.03 Å². The van der Waals surface area contributed by atoms with Gasteiger partial charge in [-0.1, -0.05) is 0 Å². The average Bonchev–Trinajstić information content (AvgIpc) is 2.68. The second-order valence-corrected chi connectivity index (χ2v) is 5.63. The van der Waals surface area contributed by atoms with E-state index in [0.29, 0.717) is 26.2 Å². The fraction of sp³-hybridized carbons (Fsp3) is 0.615. The first-order chi connectivity index (χ1) is 9.20. The molecule has 1 aromatic rings. The van der Waals surface area contributed by atoms with Gasteiger partial charge in [-0.15, -0.1) is 11.3 Å². The molecule has 1 unspecified atom stereocenters. The van der Waals surface area contributed by atoms with Crippen LogP contribution in [-0.4, -0.2) is 43.4 Å². The lowest BCUT2D eigenvalue weighted by Gasteiger charge is -2.22. The molecule has 4 nitrogen and oxygen atoms in total. The number of rotatable bonds is 3.